The van der Waals surface area contributed by atoms with E-state index in [0.29, 0.717) is 5.92 Å². The zero-order valence-corrected chi connectivity index (χ0v) is 25.1. The summed E-state index contributed by atoms with van der Waals surface area (Å²) in [6.45, 7) is 14.1. The Hall–Kier alpha value is -2.02. The molecule has 5 rings (SSSR count). The van der Waals surface area contributed by atoms with E-state index in [1.165, 1.54) is 78.3 Å². The van der Waals surface area contributed by atoms with E-state index in [0.717, 1.165) is 0 Å². The molecular formula is C32H36SiZr-4. The van der Waals surface area contributed by atoms with Crippen molar-refractivity contribution in [1.82, 2.24) is 0 Å². The third-order valence-electron chi connectivity index (χ3n) is 5.99. The first kappa shape index (κ1) is 30.0. The van der Waals surface area contributed by atoms with Crippen LogP contribution in [0.1, 0.15) is 42.0 Å². The second-order valence-corrected chi connectivity index (χ2v) is 8.68. The molecule has 0 saturated heterocycles. The molecule has 0 bridgehead atoms. The summed E-state index contributed by atoms with van der Waals surface area (Å²) in [5, 5.41) is 5.53. The first-order valence-electron chi connectivity index (χ1n) is 11.1. The quantitative estimate of drug-likeness (QED) is 0.155. The van der Waals surface area contributed by atoms with Gasteiger partial charge in [0.05, 0.1) is 0 Å². The molecule has 0 saturated carbocycles. The molecule has 2 radical (unpaired) electrons. The Morgan fingerprint density at radius 2 is 1.38 bits per heavy atom. The average molecular weight is 540 g/mol. The van der Waals surface area contributed by atoms with E-state index >= 15 is 0 Å². The topological polar surface area (TPSA) is 0 Å². The van der Waals surface area contributed by atoms with E-state index in [2.05, 4.69) is 126 Å². The molecule has 0 amide bonds. The van der Waals surface area contributed by atoms with Gasteiger partial charge >= 0.3 is 30.2 Å². The van der Waals surface area contributed by atoms with Crippen molar-refractivity contribution in [3.8, 4) is 11.1 Å². The second kappa shape index (κ2) is 13.8. The van der Waals surface area contributed by atoms with Crippen molar-refractivity contribution >= 4 is 28.4 Å². The van der Waals surface area contributed by atoms with Gasteiger partial charge in [-0.1, -0.05) is 81.3 Å². The van der Waals surface area contributed by atoms with Crippen molar-refractivity contribution in [2.24, 2.45) is 0 Å². The van der Waals surface area contributed by atoms with Gasteiger partial charge in [0.15, 0.2) is 0 Å². The number of rotatable bonds is 2. The van der Waals surface area contributed by atoms with Crippen LogP contribution in [0.4, 0.5) is 0 Å². The van der Waals surface area contributed by atoms with Gasteiger partial charge in [-0.2, -0.15) is 12.1 Å². The number of benzene rings is 3. The molecule has 0 nitrogen and oxygen atoms in total. The maximum atomic E-state index is 3.06. The summed E-state index contributed by atoms with van der Waals surface area (Å²) in [6.07, 6.45) is 0. The van der Waals surface area contributed by atoms with Gasteiger partial charge < -0.3 is 14.9 Å². The molecule has 0 spiro atoms. The predicted molar refractivity (Wildman–Crippen MR) is 151 cm³/mol. The molecule has 34 heavy (non-hydrogen) atoms. The standard InChI is InChI=1S/C17H15.C13H15.2CH3.Si.Zr/c1-12-10-16-13(2)8-9-15(17(16)11-12)14-6-4-3-5-7-14;1-9(2)12-7-11-6-4-5-10(3)13(11)8-12;;;;/h3-11H,1-2H3;4-9H,1-3H3;2*1H3;;/q4*-1;;. The fourth-order valence-electron chi connectivity index (χ4n) is 4.21. The Labute approximate surface area is 224 Å². The van der Waals surface area contributed by atoms with E-state index in [-0.39, 0.29) is 14.9 Å². The van der Waals surface area contributed by atoms with Crippen molar-refractivity contribution in [2.75, 3.05) is 0 Å². The van der Waals surface area contributed by atoms with E-state index in [1.54, 1.807) is 0 Å². The zero-order chi connectivity index (χ0) is 23.3. The Morgan fingerprint density at radius 1 is 0.706 bits per heavy atom. The maximum absolute atomic E-state index is 3.06. The molecular weight excluding hydrogens is 504 g/mol. The molecule has 176 valence electrons. The summed E-state index contributed by atoms with van der Waals surface area (Å²) >= 11 is 1.36. The summed E-state index contributed by atoms with van der Waals surface area (Å²) in [5.41, 5.74) is 8.15. The van der Waals surface area contributed by atoms with Crippen LogP contribution in [0.5, 0.6) is 0 Å². The molecule has 2 heteroatoms. The minimum atomic E-state index is 0. The van der Waals surface area contributed by atoms with E-state index < -0.39 is 0 Å². The summed E-state index contributed by atoms with van der Waals surface area (Å²) in [7, 11) is 0. The van der Waals surface area contributed by atoms with Crippen LogP contribution in [0.15, 0.2) is 84.9 Å². The van der Waals surface area contributed by atoms with E-state index in [4.69, 9.17) is 0 Å². The van der Waals surface area contributed by atoms with E-state index in [1.807, 2.05) is 0 Å². The van der Waals surface area contributed by atoms with Gasteiger partial charge in [-0.3, -0.25) is 0 Å². The van der Waals surface area contributed by atoms with Crippen molar-refractivity contribution in [1.29, 1.82) is 0 Å². The van der Waals surface area contributed by atoms with Gasteiger partial charge in [-0.25, -0.2) is 0 Å². The van der Waals surface area contributed by atoms with Crippen LogP contribution in [-0.2, 0) is 23.3 Å². The van der Waals surface area contributed by atoms with Gasteiger partial charge in [-0.15, -0.1) is 68.6 Å². The number of hydrogen-bond donors (Lipinski definition) is 0. The number of hydrogen-bond acceptors (Lipinski definition) is 0. The van der Waals surface area contributed by atoms with Crippen molar-refractivity contribution in [2.45, 2.75) is 40.5 Å². The third-order valence-corrected chi connectivity index (χ3v) is 5.99. The molecule has 0 aliphatic carbocycles. The Bertz CT molecular complexity index is 1310. The van der Waals surface area contributed by atoms with Crippen LogP contribution in [0.3, 0.4) is 0 Å². The van der Waals surface area contributed by atoms with Crippen LogP contribution in [0.2, 0.25) is 0 Å². The second-order valence-electron chi connectivity index (χ2n) is 8.68. The van der Waals surface area contributed by atoms with Crippen LogP contribution in [0, 0.1) is 35.6 Å². The molecule has 0 aliphatic heterocycles. The SMILES string of the molecule is Cc1cc2c(-c3ccccc3)ccc(C)c2[cH-]1.Cc1cccc2[cH-]c(C(C)C)cc12.[CH3-].[CH3-].[Si]=[Zr]. The Morgan fingerprint density at radius 3 is 2.00 bits per heavy atom. The third kappa shape index (κ3) is 6.77. The van der Waals surface area contributed by atoms with Gasteiger partial charge in [0, 0.05) is 0 Å². The Kier molecular flexibility index (Phi) is 12.1. The molecule has 0 atom stereocenters. The van der Waals surface area contributed by atoms with E-state index in [9.17, 15) is 0 Å². The molecule has 0 aliphatic rings. The van der Waals surface area contributed by atoms with Gasteiger partial charge in [0.25, 0.3) is 0 Å². The zero-order valence-electron chi connectivity index (χ0n) is 21.7. The van der Waals surface area contributed by atoms with Crippen LogP contribution >= 0.6 is 0 Å². The number of fused-ring (bicyclic) bond motifs is 2. The Balaban J connectivity index is 0.000000309. The summed E-state index contributed by atoms with van der Waals surface area (Å²) in [4.78, 5) is 0. The fraction of sp³-hybridized carbons (Fsp3) is 0.188. The van der Waals surface area contributed by atoms with Gasteiger partial charge in [0.2, 0.25) is 0 Å². The summed E-state index contributed by atoms with van der Waals surface area (Å²) in [5.74, 6) is 0.631. The summed E-state index contributed by atoms with van der Waals surface area (Å²) < 4.78 is 0. The monoisotopic (exact) mass is 538 g/mol. The van der Waals surface area contributed by atoms with Crippen molar-refractivity contribution < 1.29 is 23.3 Å². The average Bonchev–Trinajstić information content (AvgIpc) is 3.42. The summed E-state index contributed by atoms with van der Waals surface area (Å²) in [6, 6.07) is 30.7. The van der Waals surface area contributed by atoms with Crippen molar-refractivity contribution in [3.05, 3.63) is 122 Å². The van der Waals surface area contributed by atoms with Gasteiger partial charge in [-0.05, 0) is 18.4 Å². The van der Waals surface area contributed by atoms with Crippen molar-refractivity contribution in [3.63, 3.8) is 0 Å². The minimum absolute atomic E-state index is 0. The molecule has 0 unspecified atom stereocenters. The van der Waals surface area contributed by atoms with Crippen LogP contribution < -0.4 is 0 Å². The first-order valence-corrected chi connectivity index (χ1v) is 15.3. The van der Waals surface area contributed by atoms with Crippen LogP contribution in [-0.4, -0.2) is 6.88 Å². The molecule has 5 aromatic rings. The number of aryl methyl sites for hydroxylation is 3. The normalized spacial score (nSPS) is 9.91. The molecule has 0 fully saturated rings. The molecule has 0 N–H and O–H groups in total. The van der Waals surface area contributed by atoms with Gasteiger partial charge in [0.1, 0.15) is 0 Å². The molecule has 0 aromatic heterocycles. The fourth-order valence-corrected chi connectivity index (χ4v) is 4.21. The first-order chi connectivity index (χ1) is 15.4. The van der Waals surface area contributed by atoms with Crippen LogP contribution in [0.25, 0.3) is 32.7 Å². The molecule has 5 aromatic carbocycles. The molecule has 0 heterocycles. The predicted octanol–water partition coefficient (Wildman–Crippen LogP) is 9.35.